The Morgan fingerprint density at radius 3 is 2.45 bits per heavy atom. The van der Waals surface area contributed by atoms with Crippen LogP contribution in [0.15, 0.2) is 36.4 Å². The van der Waals surface area contributed by atoms with Crippen molar-refractivity contribution in [2.24, 2.45) is 0 Å². The summed E-state index contributed by atoms with van der Waals surface area (Å²) < 4.78 is 5.11. The van der Waals surface area contributed by atoms with E-state index in [-0.39, 0.29) is 30.0 Å². The highest BCUT2D eigenvalue weighted by atomic mass is 16.5. The lowest BCUT2D eigenvalue weighted by molar-refractivity contribution is 0.0455. The van der Waals surface area contributed by atoms with Crippen LogP contribution in [0.3, 0.4) is 0 Å². The van der Waals surface area contributed by atoms with Crippen molar-refractivity contribution in [2.75, 3.05) is 11.5 Å². The summed E-state index contributed by atoms with van der Waals surface area (Å²) >= 11 is 0. The van der Waals surface area contributed by atoms with Crippen molar-refractivity contribution in [1.82, 2.24) is 19.9 Å². The van der Waals surface area contributed by atoms with E-state index in [1.54, 1.807) is 12.1 Å². The highest BCUT2D eigenvalue weighted by Gasteiger charge is 2.11. The SMILES string of the molecule is Nc1nc(N)nc(COC(=O)c2ccc3ccccc3n2)n1. The van der Waals surface area contributed by atoms with Gasteiger partial charge in [0.15, 0.2) is 12.4 Å². The number of carbonyl (C=O) groups is 1. The molecule has 0 saturated heterocycles. The number of benzene rings is 1. The molecule has 0 spiro atoms. The van der Waals surface area contributed by atoms with Gasteiger partial charge in [0, 0.05) is 5.39 Å². The topological polar surface area (TPSA) is 130 Å². The van der Waals surface area contributed by atoms with Crippen LogP contribution in [0.2, 0.25) is 0 Å². The van der Waals surface area contributed by atoms with Gasteiger partial charge in [-0.15, -0.1) is 0 Å². The third kappa shape index (κ3) is 2.90. The standard InChI is InChI=1S/C14H12N6O2/c15-13-18-11(19-14(16)20-13)7-22-12(21)10-6-5-8-3-1-2-4-9(8)17-10/h1-6H,7H2,(H4,15,16,18,19,20). The number of hydrogen-bond acceptors (Lipinski definition) is 8. The number of ether oxygens (including phenoxy) is 1. The molecule has 0 atom stereocenters. The zero-order valence-electron chi connectivity index (χ0n) is 11.4. The fourth-order valence-corrected chi connectivity index (χ4v) is 1.91. The van der Waals surface area contributed by atoms with Crippen LogP contribution in [0.4, 0.5) is 11.9 Å². The average molecular weight is 296 g/mol. The van der Waals surface area contributed by atoms with E-state index in [1.165, 1.54) is 0 Å². The van der Waals surface area contributed by atoms with Crippen LogP contribution >= 0.6 is 0 Å². The largest absolute Gasteiger partial charge is 0.453 e. The summed E-state index contributed by atoms with van der Waals surface area (Å²) in [4.78, 5) is 27.5. The number of nitrogens with two attached hydrogens (primary N) is 2. The number of nitrogen functional groups attached to an aromatic ring is 2. The van der Waals surface area contributed by atoms with Gasteiger partial charge in [0.05, 0.1) is 5.52 Å². The van der Waals surface area contributed by atoms with Gasteiger partial charge in [-0.3, -0.25) is 0 Å². The van der Waals surface area contributed by atoms with Gasteiger partial charge in [0.25, 0.3) is 0 Å². The second kappa shape index (κ2) is 5.60. The quantitative estimate of drug-likeness (QED) is 0.683. The Bertz CT molecular complexity index is 831. The lowest BCUT2D eigenvalue weighted by atomic mass is 10.2. The molecule has 0 saturated carbocycles. The minimum absolute atomic E-state index is 0.0256. The second-order valence-electron chi connectivity index (χ2n) is 4.43. The maximum Gasteiger partial charge on any atom is 0.357 e. The number of nitrogens with zero attached hydrogens (tertiary/aromatic N) is 4. The smallest absolute Gasteiger partial charge is 0.357 e. The van der Waals surface area contributed by atoms with E-state index in [2.05, 4.69) is 19.9 Å². The van der Waals surface area contributed by atoms with Crippen LogP contribution in [-0.4, -0.2) is 25.9 Å². The van der Waals surface area contributed by atoms with E-state index in [1.807, 2.05) is 24.3 Å². The van der Waals surface area contributed by atoms with Gasteiger partial charge in [0.1, 0.15) is 5.69 Å². The van der Waals surface area contributed by atoms with Crippen molar-refractivity contribution in [2.45, 2.75) is 6.61 Å². The molecule has 0 aliphatic rings. The van der Waals surface area contributed by atoms with E-state index in [4.69, 9.17) is 16.2 Å². The molecule has 3 rings (SSSR count). The molecule has 0 amide bonds. The van der Waals surface area contributed by atoms with E-state index in [0.717, 1.165) is 5.39 Å². The first-order chi connectivity index (χ1) is 10.6. The van der Waals surface area contributed by atoms with E-state index in [0.29, 0.717) is 5.52 Å². The minimum atomic E-state index is -0.580. The van der Waals surface area contributed by atoms with Crippen LogP contribution in [0.1, 0.15) is 16.3 Å². The molecule has 0 unspecified atom stereocenters. The third-order valence-corrected chi connectivity index (χ3v) is 2.86. The fraction of sp³-hybridized carbons (Fsp3) is 0.0714. The van der Waals surface area contributed by atoms with Gasteiger partial charge < -0.3 is 16.2 Å². The fourth-order valence-electron chi connectivity index (χ4n) is 1.91. The number of fused-ring (bicyclic) bond motifs is 1. The Hall–Kier alpha value is -3.29. The van der Waals surface area contributed by atoms with Gasteiger partial charge in [-0.05, 0) is 12.1 Å². The van der Waals surface area contributed by atoms with Gasteiger partial charge in [0.2, 0.25) is 11.9 Å². The number of aromatic nitrogens is 4. The molecule has 0 aliphatic heterocycles. The molecule has 2 heterocycles. The Kier molecular flexibility index (Phi) is 3.48. The van der Waals surface area contributed by atoms with Crippen LogP contribution in [0.25, 0.3) is 10.9 Å². The number of hydrogen-bond donors (Lipinski definition) is 2. The number of para-hydroxylation sites is 1. The van der Waals surface area contributed by atoms with Crippen molar-refractivity contribution in [3.8, 4) is 0 Å². The first-order valence-electron chi connectivity index (χ1n) is 6.40. The summed E-state index contributed by atoms with van der Waals surface area (Å²) in [6.07, 6.45) is 0. The lowest BCUT2D eigenvalue weighted by Gasteiger charge is -2.05. The molecule has 8 nitrogen and oxygen atoms in total. The zero-order valence-corrected chi connectivity index (χ0v) is 11.4. The Balaban J connectivity index is 1.75. The molecule has 110 valence electrons. The third-order valence-electron chi connectivity index (χ3n) is 2.86. The highest BCUT2D eigenvalue weighted by molar-refractivity contribution is 5.90. The minimum Gasteiger partial charge on any atom is -0.453 e. The van der Waals surface area contributed by atoms with Gasteiger partial charge >= 0.3 is 5.97 Å². The van der Waals surface area contributed by atoms with E-state index < -0.39 is 5.97 Å². The van der Waals surface area contributed by atoms with Crippen LogP contribution in [-0.2, 0) is 11.3 Å². The summed E-state index contributed by atoms with van der Waals surface area (Å²) in [6.45, 7) is -0.162. The van der Waals surface area contributed by atoms with E-state index in [9.17, 15) is 4.79 Å². The van der Waals surface area contributed by atoms with Crippen molar-refractivity contribution < 1.29 is 9.53 Å². The van der Waals surface area contributed by atoms with E-state index >= 15 is 0 Å². The van der Waals surface area contributed by atoms with Crippen molar-refractivity contribution >= 4 is 28.8 Å². The lowest BCUT2D eigenvalue weighted by Crippen LogP contribution is -2.12. The van der Waals surface area contributed by atoms with Gasteiger partial charge in [-0.1, -0.05) is 24.3 Å². The van der Waals surface area contributed by atoms with Gasteiger partial charge in [-0.2, -0.15) is 15.0 Å². The zero-order chi connectivity index (χ0) is 15.5. The predicted octanol–water partition coefficient (Wildman–Crippen LogP) is 0.941. The Labute approximate surface area is 125 Å². The summed E-state index contributed by atoms with van der Waals surface area (Å²) in [5.74, 6) is -0.452. The second-order valence-corrected chi connectivity index (χ2v) is 4.43. The molecule has 8 heteroatoms. The molecular weight excluding hydrogens is 284 g/mol. The highest BCUT2D eigenvalue weighted by Crippen LogP contribution is 2.12. The van der Waals surface area contributed by atoms with Crippen molar-refractivity contribution in [3.05, 3.63) is 47.9 Å². The molecule has 0 aliphatic carbocycles. The van der Waals surface area contributed by atoms with Crippen LogP contribution in [0, 0.1) is 0 Å². The van der Waals surface area contributed by atoms with Crippen LogP contribution < -0.4 is 11.5 Å². The maximum absolute atomic E-state index is 12.0. The molecule has 3 aromatic rings. The monoisotopic (exact) mass is 296 g/mol. The summed E-state index contributed by atoms with van der Waals surface area (Å²) in [6, 6.07) is 10.9. The average Bonchev–Trinajstić information content (AvgIpc) is 2.51. The molecule has 0 bridgehead atoms. The Morgan fingerprint density at radius 1 is 0.955 bits per heavy atom. The molecule has 0 radical (unpaired) electrons. The number of anilines is 2. The molecule has 4 N–H and O–H groups in total. The maximum atomic E-state index is 12.0. The predicted molar refractivity (Wildman–Crippen MR) is 79.5 cm³/mol. The number of carbonyl (C=O) groups excluding carboxylic acids is 1. The van der Waals surface area contributed by atoms with Crippen molar-refractivity contribution in [1.29, 1.82) is 0 Å². The van der Waals surface area contributed by atoms with Gasteiger partial charge in [-0.25, -0.2) is 9.78 Å². The molecule has 22 heavy (non-hydrogen) atoms. The summed E-state index contributed by atoms with van der Waals surface area (Å²) in [7, 11) is 0. The number of rotatable bonds is 3. The number of pyridine rings is 1. The van der Waals surface area contributed by atoms with Crippen LogP contribution in [0.5, 0.6) is 0 Å². The normalized spacial score (nSPS) is 10.5. The van der Waals surface area contributed by atoms with Crippen molar-refractivity contribution in [3.63, 3.8) is 0 Å². The summed E-state index contributed by atoms with van der Waals surface area (Å²) in [5, 5.41) is 0.942. The molecule has 1 aromatic carbocycles. The number of esters is 1. The molecular formula is C14H12N6O2. The Morgan fingerprint density at radius 2 is 1.68 bits per heavy atom. The summed E-state index contributed by atoms with van der Waals surface area (Å²) in [5.41, 5.74) is 11.8. The molecule has 0 fully saturated rings. The first-order valence-corrected chi connectivity index (χ1v) is 6.40. The first kappa shape index (κ1) is 13.7. The molecule has 2 aromatic heterocycles.